The van der Waals surface area contributed by atoms with Gasteiger partial charge in [-0.2, -0.15) is 8.42 Å². The molecule has 0 aromatic heterocycles. The molecular weight excluding hydrogens is 210 g/mol. The largest absolute Gasteiger partial charge is 0.506 e. The van der Waals surface area contributed by atoms with Crippen LogP contribution in [-0.4, -0.2) is 24.5 Å². The third-order valence-corrected chi connectivity index (χ3v) is 2.33. The Hall–Kier alpha value is -1.60. The van der Waals surface area contributed by atoms with Crippen LogP contribution in [0.15, 0.2) is 23.1 Å². The van der Waals surface area contributed by atoms with E-state index < -0.39 is 20.8 Å². The molecule has 0 saturated carbocycles. The van der Waals surface area contributed by atoms with Gasteiger partial charge in [0.05, 0.1) is 10.6 Å². The highest BCUT2D eigenvalue weighted by molar-refractivity contribution is 7.85. The summed E-state index contributed by atoms with van der Waals surface area (Å²) in [7, 11) is -4.33. The molecule has 1 amide bonds. The third-order valence-electron chi connectivity index (χ3n) is 1.48. The number of carbonyl (C=O) groups is 1. The Kier molecular flexibility index (Phi) is 2.73. The molecule has 0 aliphatic carbocycles. The molecule has 76 valence electrons. The summed E-state index contributed by atoms with van der Waals surface area (Å²) in [6.45, 7) is 0. The van der Waals surface area contributed by atoms with Crippen molar-refractivity contribution in [1.82, 2.24) is 0 Å². The monoisotopic (exact) mass is 217 g/mol. The average molecular weight is 217 g/mol. The Morgan fingerprint density at radius 2 is 2.00 bits per heavy atom. The Morgan fingerprint density at radius 3 is 2.43 bits per heavy atom. The maximum absolute atomic E-state index is 10.6. The van der Waals surface area contributed by atoms with Crippen LogP contribution in [0.2, 0.25) is 0 Å². The number of phenolic OH excluding ortho intramolecular Hbond substituents is 1. The Morgan fingerprint density at radius 1 is 1.36 bits per heavy atom. The minimum atomic E-state index is -4.33. The van der Waals surface area contributed by atoms with E-state index in [1.54, 1.807) is 0 Å². The number of rotatable bonds is 3. The number of phenols is 1. The van der Waals surface area contributed by atoms with Gasteiger partial charge in [0.1, 0.15) is 5.75 Å². The van der Waals surface area contributed by atoms with E-state index in [0.29, 0.717) is 6.41 Å². The number of nitrogens with one attached hydrogen (secondary N) is 1. The molecule has 0 saturated heterocycles. The van der Waals surface area contributed by atoms with Crippen molar-refractivity contribution in [1.29, 1.82) is 0 Å². The standard InChI is InChI=1S/C7H7NO5S/c9-4-8-6-2-1-5(3-7(6)10)14(11,12)13/h1-4,10H,(H,8,9)(H,11,12,13). The lowest BCUT2D eigenvalue weighted by molar-refractivity contribution is -0.105. The smallest absolute Gasteiger partial charge is 0.294 e. The highest BCUT2D eigenvalue weighted by atomic mass is 32.2. The van der Waals surface area contributed by atoms with Crippen LogP contribution >= 0.6 is 0 Å². The molecule has 1 rings (SSSR count). The van der Waals surface area contributed by atoms with Crippen molar-refractivity contribution in [3.63, 3.8) is 0 Å². The summed E-state index contributed by atoms with van der Waals surface area (Å²) in [6, 6.07) is 3.05. The van der Waals surface area contributed by atoms with Gasteiger partial charge in [0.2, 0.25) is 6.41 Å². The first-order chi connectivity index (χ1) is 6.45. The van der Waals surface area contributed by atoms with Gasteiger partial charge in [-0.1, -0.05) is 0 Å². The summed E-state index contributed by atoms with van der Waals surface area (Å²) < 4.78 is 29.8. The second kappa shape index (κ2) is 3.64. The maximum atomic E-state index is 10.6. The topological polar surface area (TPSA) is 104 Å². The fourth-order valence-electron chi connectivity index (χ4n) is 0.857. The summed E-state index contributed by atoms with van der Waals surface area (Å²) in [4.78, 5) is 9.58. The SMILES string of the molecule is O=CNc1ccc(S(=O)(=O)O)cc1O. The van der Waals surface area contributed by atoms with Gasteiger partial charge in [-0.3, -0.25) is 9.35 Å². The van der Waals surface area contributed by atoms with Gasteiger partial charge in [-0.25, -0.2) is 0 Å². The van der Waals surface area contributed by atoms with Gasteiger partial charge in [-0.15, -0.1) is 0 Å². The molecule has 0 radical (unpaired) electrons. The summed E-state index contributed by atoms with van der Waals surface area (Å²) >= 11 is 0. The van der Waals surface area contributed by atoms with Gasteiger partial charge >= 0.3 is 0 Å². The molecule has 0 atom stereocenters. The summed E-state index contributed by atoms with van der Waals surface area (Å²) in [5.41, 5.74) is 0.0624. The van der Waals surface area contributed by atoms with Crippen LogP contribution in [0.4, 0.5) is 5.69 Å². The zero-order valence-electron chi connectivity index (χ0n) is 6.84. The van der Waals surface area contributed by atoms with Gasteiger partial charge in [-0.05, 0) is 12.1 Å². The summed E-state index contributed by atoms with van der Waals surface area (Å²) in [5.74, 6) is -0.438. The molecular formula is C7H7NO5S. The van der Waals surface area contributed by atoms with Crippen LogP contribution < -0.4 is 5.32 Å². The van der Waals surface area contributed by atoms with E-state index in [1.165, 1.54) is 0 Å². The second-order valence-corrected chi connectivity index (χ2v) is 3.84. The van der Waals surface area contributed by atoms with Gasteiger partial charge in [0, 0.05) is 6.07 Å². The lowest BCUT2D eigenvalue weighted by Crippen LogP contribution is -1.99. The van der Waals surface area contributed by atoms with Crippen LogP contribution in [0.5, 0.6) is 5.75 Å². The van der Waals surface area contributed by atoms with E-state index in [4.69, 9.17) is 4.55 Å². The lowest BCUT2D eigenvalue weighted by Gasteiger charge is -2.03. The van der Waals surface area contributed by atoms with Crippen molar-refractivity contribution < 1.29 is 22.9 Å². The average Bonchev–Trinajstić information content (AvgIpc) is 2.07. The number of benzene rings is 1. The molecule has 0 heterocycles. The van der Waals surface area contributed by atoms with Crippen LogP contribution in [0.3, 0.4) is 0 Å². The number of carbonyl (C=O) groups excluding carboxylic acids is 1. The van der Waals surface area contributed by atoms with E-state index in [1.807, 2.05) is 0 Å². The van der Waals surface area contributed by atoms with E-state index in [9.17, 15) is 18.3 Å². The van der Waals surface area contributed by atoms with Crippen LogP contribution in [0.25, 0.3) is 0 Å². The molecule has 14 heavy (non-hydrogen) atoms. The van der Waals surface area contributed by atoms with Gasteiger partial charge in [0.25, 0.3) is 10.1 Å². The number of hydrogen-bond acceptors (Lipinski definition) is 4. The fourth-order valence-corrected chi connectivity index (χ4v) is 1.36. The molecule has 1 aromatic rings. The summed E-state index contributed by atoms with van der Waals surface area (Å²) in [6.07, 6.45) is 0.335. The fraction of sp³-hybridized carbons (Fsp3) is 0. The number of aromatic hydroxyl groups is 1. The first kappa shape index (κ1) is 10.5. The molecule has 3 N–H and O–H groups in total. The zero-order chi connectivity index (χ0) is 10.8. The normalized spacial score (nSPS) is 10.9. The van der Waals surface area contributed by atoms with Crippen molar-refractivity contribution in [3.8, 4) is 5.75 Å². The molecule has 0 fully saturated rings. The number of hydrogen-bond donors (Lipinski definition) is 3. The highest BCUT2D eigenvalue weighted by Gasteiger charge is 2.11. The first-order valence-corrected chi connectivity index (χ1v) is 4.90. The zero-order valence-corrected chi connectivity index (χ0v) is 7.65. The van der Waals surface area contributed by atoms with E-state index >= 15 is 0 Å². The minimum Gasteiger partial charge on any atom is -0.506 e. The van der Waals surface area contributed by atoms with Crippen LogP contribution in [0, 0.1) is 0 Å². The first-order valence-electron chi connectivity index (χ1n) is 3.46. The molecule has 0 unspecified atom stereocenters. The molecule has 7 heteroatoms. The maximum Gasteiger partial charge on any atom is 0.294 e. The summed E-state index contributed by atoms with van der Waals surface area (Å²) in [5, 5.41) is 11.3. The second-order valence-electron chi connectivity index (χ2n) is 2.42. The van der Waals surface area contributed by atoms with E-state index in [0.717, 1.165) is 18.2 Å². The number of amides is 1. The Balaban J connectivity index is 3.19. The molecule has 6 nitrogen and oxygen atoms in total. The van der Waals surface area contributed by atoms with Crippen molar-refractivity contribution in [2.24, 2.45) is 0 Å². The Labute approximate surface area is 79.9 Å². The lowest BCUT2D eigenvalue weighted by atomic mass is 10.3. The molecule has 0 aliphatic rings. The molecule has 0 spiro atoms. The van der Waals surface area contributed by atoms with Gasteiger partial charge in [0.15, 0.2) is 0 Å². The third kappa shape index (κ3) is 2.21. The van der Waals surface area contributed by atoms with Crippen molar-refractivity contribution in [3.05, 3.63) is 18.2 Å². The van der Waals surface area contributed by atoms with E-state index in [2.05, 4.69) is 5.32 Å². The van der Waals surface area contributed by atoms with Gasteiger partial charge < -0.3 is 10.4 Å². The molecule has 0 bridgehead atoms. The Bertz CT molecular complexity index is 453. The van der Waals surface area contributed by atoms with Crippen molar-refractivity contribution >= 4 is 22.2 Å². The predicted molar refractivity (Wildman–Crippen MR) is 47.6 cm³/mol. The highest BCUT2D eigenvalue weighted by Crippen LogP contribution is 2.25. The molecule has 0 aliphatic heterocycles. The minimum absolute atomic E-state index is 0.0624. The van der Waals surface area contributed by atoms with Crippen LogP contribution in [-0.2, 0) is 14.9 Å². The van der Waals surface area contributed by atoms with Crippen molar-refractivity contribution in [2.75, 3.05) is 5.32 Å². The van der Waals surface area contributed by atoms with E-state index in [-0.39, 0.29) is 5.69 Å². The van der Waals surface area contributed by atoms with Crippen molar-refractivity contribution in [2.45, 2.75) is 4.90 Å². The quantitative estimate of drug-likeness (QED) is 0.381. The van der Waals surface area contributed by atoms with Crippen LogP contribution in [0.1, 0.15) is 0 Å². The molecule has 1 aromatic carbocycles. The predicted octanol–water partition coefficient (Wildman–Crippen LogP) is 0.207. The number of anilines is 1.